The number of rotatable bonds is 7. The second kappa shape index (κ2) is 9.73. The molecule has 160 valence electrons. The molecule has 0 atom stereocenters. The van der Waals surface area contributed by atoms with Gasteiger partial charge >= 0.3 is 0 Å². The lowest BCUT2D eigenvalue weighted by Gasteiger charge is -2.15. The SMILES string of the molecule is COc1ccc(CCC(=O)NNC(=O)c2ccc(S(=O)(=O)N3CCCC3)cc2)cc1. The minimum absolute atomic E-state index is 0.157. The first-order valence-electron chi connectivity index (χ1n) is 9.72. The van der Waals surface area contributed by atoms with Gasteiger partial charge in [0.25, 0.3) is 5.91 Å². The number of nitrogens with zero attached hydrogens (tertiary/aromatic N) is 1. The molecule has 0 unspecified atom stereocenters. The van der Waals surface area contributed by atoms with Gasteiger partial charge in [-0.25, -0.2) is 8.42 Å². The van der Waals surface area contributed by atoms with Crippen LogP contribution in [-0.4, -0.2) is 44.7 Å². The Morgan fingerprint density at radius 1 is 0.967 bits per heavy atom. The molecule has 9 heteroatoms. The minimum atomic E-state index is -3.52. The third-order valence-electron chi connectivity index (χ3n) is 4.93. The molecule has 8 nitrogen and oxygen atoms in total. The van der Waals surface area contributed by atoms with Gasteiger partial charge in [0.2, 0.25) is 15.9 Å². The number of aryl methyl sites for hydroxylation is 1. The van der Waals surface area contributed by atoms with Crippen molar-refractivity contribution in [2.45, 2.75) is 30.6 Å². The van der Waals surface area contributed by atoms with E-state index in [2.05, 4.69) is 10.9 Å². The van der Waals surface area contributed by atoms with E-state index in [-0.39, 0.29) is 22.8 Å². The van der Waals surface area contributed by atoms with Crippen LogP contribution in [0.3, 0.4) is 0 Å². The largest absolute Gasteiger partial charge is 0.497 e. The number of hydrogen-bond donors (Lipinski definition) is 2. The van der Waals surface area contributed by atoms with Crippen molar-refractivity contribution in [2.24, 2.45) is 0 Å². The van der Waals surface area contributed by atoms with Crippen molar-refractivity contribution in [3.8, 4) is 5.75 Å². The van der Waals surface area contributed by atoms with E-state index in [1.807, 2.05) is 24.3 Å². The quantitative estimate of drug-likeness (QED) is 0.652. The van der Waals surface area contributed by atoms with Crippen LogP contribution in [-0.2, 0) is 21.2 Å². The Morgan fingerprint density at radius 3 is 2.20 bits per heavy atom. The fraction of sp³-hybridized carbons (Fsp3) is 0.333. The summed E-state index contributed by atoms with van der Waals surface area (Å²) in [7, 11) is -1.93. The maximum Gasteiger partial charge on any atom is 0.269 e. The number of hydrazine groups is 1. The van der Waals surface area contributed by atoms with Crippen molar-refractivity contribution in [3.63, 3.8) is 0 Å². The van der Waals surface area contributed by atoms with Gasteiger partial charge in [0.15, 0.2) is 0 Å². The second-order valence-corrected chi connectivity index (χ2v) is 8.92. The molecule has 1 heterocycles. The number of ether oxygens (including phenoxy) is 1. The average molecular weight is 432 g/mol. The van der Waals surface area contributed by atoms with E-state index in [0.29, 0.717) is 19.5 Å². The molecule has 2 aromatic rings. The predicted molar refractivity (Wildman–Crippen MR) is 111 cm³/mol. The molecule has 1 aliphatic rings. The molecule has 0 saturated carbocycles. The zero-order valence-corrected chi connectivity index (χ0v) is 17.6. The molecule has 0 aromatic heterocycles. The van der Waals surface area contributed by atoms with Gasteiger partial charge in [0, 0.05) is 25.1 Å². The van der Waals surface area contributed by atoms with Crippen molar-refractivity contribution in [1.82, 2.24) is 15.2 Å². The van der Waals surface area contributed by atoms with Gasteiger partial charge in [-0.1, -0.05) is 12.1 Å². The zero-order valence-electron chi connectivity index (χ0n) is 16.8. The number of methoxy groups -OCH3 is 1. The van der Waals surface area contributed by atoms with Crippen molar-refractivity contribution in [3.05, 3.63) is 59.7 Å². The van der Waals surface area contributed by atoms with E-state index in [1.165, 1.54) is 28.6 Å². The predicted octanol–water partition coefficient (Wildman–Crippen LogP) is 1.87. The standard InChI is InChI=1S/C21H25N3O5S/c1-29-18-9-4-16(5-10-18)6-13-20(25)22-23-21(26)17-7-11-19(12-8-17)30(27,28)24-14-2-3-15-24/h4-5,7-12H,2-3,6,13-15H2,1H3,(H,22,25)(H,23,26). The van der Waals surface area contributed by atoms with Gasteiger partial charge < -0.3 is 4.74 Å². The first kappa shape index (κ1) is 21.8. The Bertz CT molecular complexity index is 982. The fourth-order valence-corrected chi connectivity index (χ4v) is 4.68. The van der Waals surface area contributed by atoms with Crippen molar-refractivity contribution in [1.29, 1.82) is 0 Å². The van der Waals surface area contributed by atoms with Crippen LogP contribution in [0.1, 0.15) is 35.2 Å². The Morgan fingerprint density at radius 2 is 1.60 bits per heavy atom. The molecular formula is C21H25N3O5S. The number of carbonyl (C=O) groups is 2. The molecule has 0 aliphatic carbocycles. The van der Waals surface area contributed by atoms with E-state index in [1.54, 1.807) is 7.11 Å². The third kappa shape index (κ3) is 5.37. The normalized spacial score (nSPS) is 14.3. The van der Waals surface area contributed by atoms with Crippen LogP contribution in [0.5, 0.6) is 5.75 Å². The van der Waals surface area contributed by atoms with Crippen LogP contribution in [0, 0.1) is 0 Å². The van der Waals surface area contributed by atoms with Gasteiger partial charge in [-0.3, -0.25) is 20.4 Å². The van der Waals surface area contributed by atoms with E-state index >= 15 is 0 Å². The topological polar surface area (TPSA) is 105 Å². The van der Waals surface area contributed by atoms with Crippen molar-refractivity contribution >= 4 is 21.8 Å². The molecule has 3 rings (SSSR count). The number of sulfonamides is 1. The molecule has 0 radical (unpaired) electrons. The molecule has 2 N–H and O–H groups in total. The third-order valence-corrected chi connectivity index (χ3v) is 6.85. The van der Waals surface area contributed by atoms with E-state index in [0.717, 1.165) is 24.2 Å². The average Bonchev–Trinajstić information content (AvgIpc) is 3.32. The molecule has 1 fully saturated rings. The maximum absolute atomic E-state index is 12.5. The molecular weight excluding hydrogens is 406 g/mol. The van der Waals surface area contributed by atoms with Gasteiger partial charge in [-0.15, -0.1) is 0 Å². The van der Waals surface area contributed by atoms with Crippen LogP contribution in [0.15, 0.2) is 53.4 Å². The lowest BCUT2D eigenvalue weighted by molar-refractivity contribution is -0.121. The second-order valence-electron chi connectivity index (χ2n) is 6.99. The lowest BCUT2D eigenvalue weighted by Crippen LogP contribution is -2.41. The van der Waals surface area contributed by atoms with Gasteiger partial charge in [-0.05, 0) is 61.2 Å². The Hall–Kier alpha value is -2.91. The van der Waals surface area contributed by atoms with Crippen LogP contribution in [0.25, 0.3) is 0 Å². The van der Waals surface area contributed by atoms with Crippen LogP contribution < -0.4 is 15.6 Å². The zero-order chi connectivity index (χ0) is 21.6. The van der Waals surface area contributed by atoms with Crippen LogP contribution in [0.4, 0.5) is 0 Å². The summed E-state index contributed by atoms with van der Waals surface area (Å²) in [5.74, 6) is -0.0972. The number of amides is 2. The van der Waals surface area contributed by atoms with Gasteiger partial charge in [-0.2, -0.15) is 4.31 Å². The summed E-state index contributed by atoms with van der Waals surface area (Å²) in [5, 5.41) is 0. The molecule has 30 heavy (non-hydrogen) atoms. The Labute approximate surface area is 176 Å². The molecule has 1 aliphatic heterocycles. The highest BCUT2D eigenvalue weighted by molar-refractivity contribution is 7.89. The van der Waals surface area contributed by atoms with E-state index in [9.17, 15) is 18.0 Å². The highest BCUT2D eigenvalue weighted by Crippen LogP contribution is 2.21. The first-order chi connectivity index (χ1) is 14.4. The minimum Gasteiger partial charge on any atom is -0.497 e. The van der Waals surface area contributed by atoms with E-state index in [4.69, 9.17) is 4.74 Å². The highest BCUT2D eigenvalue weighted by atomic mass is 32.2. The van der Waals surface area contributed by atoms with Crippen LogP contribution in [0.2, 0.25) is 0 Å². The summed E-state index contributed by atoms with van der Waals surface area (Å²) in [4.78, 5) is 24.3. The monoisotopic (exact) mass is 431 g/mol. The summed E-state index contributed by atoms with van der Waals surface area (Å²) in [6.07, 6.45) is 2.45. The molecule has 0 bridgehead atoms. The fourth-order valence-electron chi connectivity index (χ4n) is 3.17. The van der Waals surface area contributed by atoms with Crippen molar-refractivity contribution in [2.75, 3.05) is 20.2 Å². The summed E-state index contributed by atoms with van der Waals surface area (Å²) in [5.41, 5.74) is 5.96. The molecule has 2 aromatic carbocycles. The Balaban J connectivity index is 1.48. The summed E-state index contributed by atoms with van der Waals surface area (Å²) >= 11 is 0. The summed E-state index contributed by atoms with van der Waals surface area (Å²) in [6, 6.07) is 13.1. The molecule has 0 spiro atoms. The van der Waals surface area contributed by atoms with Crippen molar-refractivity contribution < 1.29 is 22.7 Å². The number of hydrogen-bond acceptors (Lipinski definition) is 5. The lowest BCUT2D eigenvalue weighted by atomic mass is 10.1. The molecule has 1 saturated heterocycles. The van der Waals surface area contributed by atoms with Crippen LogP contribution >= 0.6 is 0 Å². The smallest absolute Gasteiger partial charge is 0.269 e. The summed E-state index contributed by atoms with van der Waals surface area (Å²) < 4.78 is 31.6. The number of carbonyl (C=O) groups excluding carboxylic acids is 2. The Kier molecular flexibility index (Phi) is 7.07. The number of benzene rings is 2. The van der Waals surface area contributed by atoms with E-state index < -0.39 is 15.9 Å². The first-order valence-corrected chi connectivity index (χ1v) is 11.2. The summed E-state index contributed by atoms with van der Waals surface area (Å²) in [6.45, 7) is 1.04. The molecule has 2 amide bonds. The maximum atomic E-state index is 12.5. The number of nitrogens with one attached hydrogen (secondary N) is 2. The van der Waals surface area contributed by atoms with Gasteiger partial charge in [0.05, 0.1) is 12.0 Å². The van der Waals surface area contributed by atoms with Gasteiger partial charge in [0.1, 0.15) is 5.75 Å². The highest BCUT2D eigenvalue weighted by Gasteiger charge is 2.27.